The van der Waals surface area contributed by atoms with Gasteiger partial charge < -0.3 is 10.6 Å². The minimum absolute atomic E-state index is 0.723. The standard InChI is InChI=1S/C15H29N5/c1-5-14(6-2)11-18-15(16-4)17-8-7-9-20-12-13(3)10-19-20/h10,12,14H,5-9,11H2,1-4H3,(H2,16,17,18). The Labute approximate surface area is 122 Å². The van der Waals surface area contributed by atoms with Crippen molar-refractivity contribution in [2.75, 3.05) is 20.1 Å². The molecule has 0 aliphatic rings. The van der Waals surface area contributed by atoms with Crippen LogP contribution in [0.1, 0.15) is 38.7 Å². The van der Waals surface area contributed by atoms with Gasteiger partial charge in [0.05, 0.1) is 6.20 Å². The SMILES string of the molecule is CCC(CC)CNC(=NC)NCCCn1cc(C)cn1. The zero-order valence-corrected chi connectivity index (χ0v) is 13.3. The Morgan fingerprint density at radius 1 is 1.35 bits per heavy atom. The largest absolute Gasteiger partial charge is 0.356 e. The third-order valence-electron chi connectivity index (χ3n) is 3.56. The molecule has 5 heteroatoms. The molecule has 20 heavy (non-hydrogen) atoms. The minimum Gasteiger partial charge on any atom is -0.356 e. The Morgan fingerprint density at radius 2 is 2.10 bits per heavy atom. The summed E-state index contributed by atoms with van der Waals surface area (Å²) in [4.78, 5) is 4.25. The number of rotatable bonds is 8. The van der Waals surface area contributed by atoms with Crippen molar-refractivity contribution < 1.29 is 0 Å². The van der Waals surface area contributed by atoms with E-state index in [1.807, 2.05) is 17.9 Å². The maximum atomic E-state index is 4.28. The van der Waals surface area contributed by atoms with E-state index in [-0.39, 0.29) is 0 Å². The highest BCUT2D eigenvalue weighted by molar-refractivity contribution is 5.79. The Kier molecular flexibility index (Phi) is 7.77. The average molecular weight is 279 g/mol. The molecule has 1 aromatic rings. The molecular formula is C15H29N5. The first-order chi connectivity index (χ1) is 9.69. The number of hydrogen-bond donors (Lipinski definition) is 2. The summed E-state index contributed by atoms with van der Waals surface area (Å²) in [6.45, 7) is 9.36. The molecule has 1 aromatic heterocycles. The van der Waals surface area contributed by atoms with Crippen LogP contribution in [0.2, 0.25) is 0 Å². The Morgan fingerprint density at radius 3 is 2.65 bits per heavy atom. The van der Waals surface area contributed by atoms with Gasteiger partial charge in [-0.15, -0.1) is 0 Å². The lowest BCUT2D eigenvalue weighted by atomic mass is 10.0. The van der Waals surface area contributed by atoms with Gasteiger partial charge in [0.1, 0.15) is 0 Å². The Balaban J connectivity index is 2.18. The summed E-state index contributed by atoms with van der Waals surface area (Å²) in [5.74, 6) is 1.62. The van der Waals surface area contributed by atoms with Crippen LogP contribution in [0.25, 0.3) is 0 Å². The molecule has 1 heterocycles. The monoisotopic (exact) mass is 279 g/mol. The van der Waals surface area contributed by atoms with Crippen LogP contribution < -0.4 is 10.6 Å². The molecule has 2 N–H and O–H groups in total. The summed E-state index contributed by atoms with van der Waals surface area (Å²) in [6.07, 6.45) is 7.41. The van der Waals surface area contributed by atoms with Crippen molar-refractivity contribution >= 4 is 5.96 Å². The Bertz CT molecular complexity index is 393. The fraction of sp³-hybridized carbons (Fsp3) is 0.733. The van der Waals surface area contributed by atoms with Gasteiger partial charge in [0.15, 0.2) is 5.96 Å². The fourth-order valence-electron chi connectivity index (χ4n) is 2.08. The molecule has 0 fully saturated rings. The van der Waals surface area contributed by atoms with Crippen LogP contribution in [0.3, 0.4) is 0 Å². The van der Waals surface area contributed by atoms with Gasteiger partial charge in [0.2, 0.25) is 0 Å². The van der Waals surface area contributed by atoms with Crippen molar-refractivity contribution in [2.45, 2.75) is 46.6 Å². The van der Waals surface area contributed by atoms with Crippen molar-refractivity contribution in [3.05, 3.63) is 18.0 Å². The predicted octanol–water partition coefficient (Wildman–Crippen LogP) is 2.18. The molecule has 114 valence electrons. The molecule has 0 aliphatic carbocycles. The van der Waals surface area contributed by atoms with Gasteiger partial charge >= 0.3 is 0 Å². The topological polar surface area (TPSA) is 54.2 Å². The van der Waals surface area contributed by atoms with Gasteiger partial charge in [-0.3, -0.25) is 9.67 Å². The third-order valence-corrected chi connectivity index (χ3v) is 3.56. The molecule has 0 unspecified atom stereocenters. The molecule has 0 atom stereocenters. The van der Waals surface area contributed by atoms with Crippen LogP contribution in [-0.2, 0) is 6.54 Å². The highest BCUT2D eigenvalue weighted by atomic mass is 15.3. The van der Waals surface area contributed by atoms with Crippen LogP contribution in [0.5, 0.6) is 0 Å². The van der Waals surface area contributed by atoms with Crippen molar-refractivity contribution in [3.63, 3.8) is 0 Å². The molecule has 0 bridgehead atoms. The highest BCUT2D eigenvalue weighted by Gasteiger charge is 2.04. The number of nitrogens with one attached hydrogen (secondary N) is 2. The molecule has 0 radical (unpaired) electrons. The summed E-state index contributed by atoms with van der Waals surface area (Å²) >= 11 is 0. The van der Waals surface area contributed by atoms with Crippen LogP contribution in [0.15, 0.2) is 17.4 Å². The van der Waals surface area contributed by atoms with E-state index < -0.39 is 0 Å². The number of aromatic nitrogens is 2. The number of nitrogens with zero attached hydrogens (tertiary/aromatic N) is 3. The van der Waals surface area contributed by atoms with Gasteiger partial charge in [-0.2, -0.15) is 5.10 Å². The second kappa shape index (κ2) is 9.39. The van der Waals surface area contributed by atoms with E-state index in [1.54, 1.807) is 0 Å². The van der Waals surface area contributed by atoms with Crippen LogP contribution in [0, 0.1) is 12.8 Å². The number of guanidine groups is 1. The quantitative estimate of drug-likeness (QED) is 0.436. The zero-order valence-electron chi connectivity index (χ0n) is 13.3. The second-order valence-electron chi connectivity index (χ2n) is 5.20. The lowest BCUT2D eigenvalue weighted by molar-refractivity contribution is 0.480. The van der Waals surface area contributed by atoms with Crippen molar-refractivity contribution in [1.29, 1.82) is 0 Å². The maximum absolute atomic E-state index is 4.28. The summed E-state index contributed by atoms with van der Waals surface area (Å²) < 4.78 is 1.98. The second-order valence-corrected chi connectivity index (χ2v) is 5.20. The number of hydrogen-bond acceptors (Lipinski definition) is 2. The summed E-state index contributed by atoms with van der Waals surface area (Å²) in [7, 11) is 1.82. The van der Waals surface area contributed by atoms with Crippen LogP contribution in [-0.4, -0.2) is 35.9 Å². The molecule has 0 amide bonds. The van der Waals surface area contributed by atoms with Crippen LogP contribution in [0.4, 0.5) is 0 Å². The van der Waals surface area contributed by atoms with Crippen LogP contribution >= 0.6 is 0 Å². The van der Waals surface area contributed by atoms with E-state index in [1.165, 1.54) is 18.4 Å². The summed E-state index contributed by atoms with van der Waals surface area (Å²) in [5.41, 5.74) is 1.21. The third kappa shape index (κ3) is 6.08. The zero-order chi connectivity index (χ0) is 14.8. The van der Waals surface area contributed by atoms with Crippen molar-refractivity contribution in [2.24, 2.45) is 10.9 Å². The first-order valence-electron chi connectivity index (χ1n) is 7.63. The molecular weight excluding hydrogens is 250 g/mol. The lowest BCUT2D eigenvalue weighted by Gasteiger charge is -2.16. The van der Waals surface area contributed by atoms with Crippen molar-refractivity contribution in [3.8, 4) is 0 Å². The first-order valence-corrected chi connectivity index (χ1v) is 7.63. The lowest BCUT2D eigenvalue weighted by Crippen LogP contribution is -2.40. The predicted molar refractivity (Wildman–Crippen MR) is 85.0 cm³/mol. The minimum atomic E-state index is 0.723. The normalized spacial score (nSPS) is 11.9. The molecule has 1 rings (SSSR count). The van der Waals surface area contributed by atoms with E-state index in [0.717, 1.165) is 37.9 Å². The molecule has 0 aliphatic heterocycles. The molecule has 5 nitrogen and oxygen atoms in total. The van der Waals surface area contributed by atoms with Gasteiger partial charge in [0, 0.05) is 32.9 Å². The molecule has 0 aromatic carbocycles. The number of aryl methyl sites for hydroxylation is 2. The van der Waals surface area contributed by atoms with Crippen molar-refractivity contribution in [1.82, 2.24) is 20.4 Å². The van der Waals surface area contributed by atoms with E-state index in [2.05, 4.69) is 47.7 Å². The van der Waals surface area contributed by atoms with Gasteiger partial charge in [-0.25, -0.2) is 0 Å². The van der Waals surface area contributed by atoms with Gasteiger partial charge in [-0.05, 0) is 24.8 Å². The average Bonchev–Trinajstić information content (AvgIpc) is 2.87. The maximum Gasteiger partial charge on any atom is 0.190 e. The van der Waals surface area contributed by atoms with Gasteiger partial charge in [0.25, 0.3) is 0 Å². The smallest absolute Gasteiger partial charge is 0.190 e. The highest BCUT2D eigenvalue weighted by Crippen LogP contribution is 2.04. The summed E-state index contributed by atoms with van der Waals surface area (Å²) in [5, 5.41) is 11.0. The Hall–Kier alpha value is -1.52. The van der Waals surface area contributed by atoms with E-state index >= 15 is 0 Å². The summed E-state index contributed by atoms with van der Waals surface area (Å²) in [6, 6.07) is 0. The molecule has 0 spiro atoms. The van der Waals surface area contributed by atoms with E-state index in [0.29, 0.717) is 0 Å². The molecule has 0 saturated heterocycles. The molecule has 0 saturated carbocycles. The van der Waals surface area contributed by atoms with Gasteiger partial charge in [-0.1, -0.05) is 26.7 Å². The fourth-order valence-corrected chi connectivity index (χ4v) is 2.08. The van der Waals surface area contributed by atoms with E-state index in [9.17, 15) is 0 Å². The van der Waals surface area contributed by atoms with E-state index in [4.69, 9.17) is 0 Å². The number of aliphatic imine (C=N–C) groups is 1. The first kappa shape index (κ1) is 16.5.